The Balaban J connectivity index is 1.74. The van der Waals surface area contributed by atoms with Crippen LogP contribution in [0.25, 0.3) is 0 Å². The number of hydrogen-bond donors (Lipinski definition) is 2. The van der Waals surface area contributed by atoms with Crippen molar-refractivity contribution in [2.75, 3.05) is 6.61 Å². The number of aliphatic hydroxyl groups is 1. The number of nitrogens with one attached hydrogen (secondary N) is 1. The Kier molecular flexibility index (Phi) is 3.73. The lowest BCUT2D eigenvalue weighted by molar-refractivity contribution is -0.129. The summed E-state index contributed by atoms with van der Waals surface area (Å²) in [7, 11) is 1.86. The number of aromatic nitrogens is 3. The van der Waals surface area contributed by atoms with Gasteiger partial charge in [0.05, 0.1) is 22.7 Å². The van der Waals surface area contributed by atoms with E-state index in [1.807, 2.05) is 19.3 Å². The summed E-state index contributed by atoms with van der Waals surface area (Å²) in [6, 6.07) is 2.21. The maximum Gasteiger partial charge on any atom is 0.106 e. The molecule has 4 heterocycles. The average Bonchev–Trinajstić information content (AvgIpc) is 3.10. The zero-order chi connectivity index (χ0) is 16.2. The van der Waals surface area contributed by atoms with Crippen molar-refractivity contribution in [3.63, 3.8) is 0 Å². The molecule has 2 aromatic heterocycles. The molecule has 1 saturated heterocycles. The highest BCUT2D eigenvalue weighted by Gasteiger charge is 2.48. The van der Waals surface area contributed by atoms with Crippen LogP contribution in [-0.2, 0) is 17.4 Å². The van der Waals surface area contributed by atoms with E-state index < -0.39 is 11.7 Å². The molecule has 1 spiro atoms. The van der Waals surface area contributed by atoms with E-state index in [0.29, 0.717) is 10.9 Å². The van der Waals surface area contributed by atoms with Gasteiger partial charge in [0.15, 0.2) is 0 Å². The van der Waals surface area contributed by atoms with E-state index in [2.05, 4.69) is 22.6 Å². The molecular weight excluding hydrogens is 336 g/mol. The molecule has 0 aliphatic carbocycles. The first-order valence-electron chi connectivity index (χ1n) is 7.71. The van der Waals surface area contributed by atoms with Crippen LogP contribution in [0.4, 0.5) is 0 Å². The number of piperidine rings is 1. The van der Waals surface area contributed by atoms with Crippen LogP contribution in [0.2, 0.25) is 4.34 Å². The fourth-order valence-corrected chi connectivity index (χ4v) is 5.21. The summed E-state index contributed by atoms with van der Waals surface area (Å²) in [6.07, 6.45) is 2.94. The molecule has 2 aliphatic heterocycles. The van der Waals surface area contributed by atoms with E-state index in [0.717, 1.165) is 29.0 Å². The molecule has 0 saturated carbocycles. The highest BCUT2D eigenvalue weighted by atomic mass is 35.5. The van der Waals surface area contributed by atoms with E-state index in [1.165, 1.54) is 11.3 Å². The minimum Gasteiger partial charge on any atom is -0.386 e. The van der Waals surface area contributed by atoms with Crippen molar-refractivity contribution in [1.82, 2.24) is 20.3 Å². The van der Waals surface area contributed by atoms with Gasteiger partial charge in [0.1, 0.15) is 11.7 Å². The van der Waals surface area contributed by atoms with Crippen molar-refractivity contribution in [3.05, 3.63) is 32.7 Å². The molecule has 2 N–H and O–H groups in total. The number of aryl methyl sites for hydroxylation is 1. The normalized spacial score (nSPS) is 33.8. The summed E-state index contributed by atoms with van der Waals surface area (Å²) < 4.78 is 8.60. The van der Waals surface area contributed by atoms with Crippen molar-refractivity contribution < 1.29 is 9.84 Å². The third-order valence-corrected chi connectivity index (χ3v) is 6.12. The van der Waals surface area contributed by atoms with Crippen molar-refractivity contribution in [1.29, 1.82) is 0 Å². The van der Waals surface area contributed by atoms with Crippen molar-refractivity contribution in [2.45, 2.75) is 43.6 Å². The third-order valence-electron chi connectivity index (χ3n) is 4.65. The molecular formula is C15H19ClN4O2S. The fraction of sp³-hybridized carbons (Fsp3) is 0.600. The highest BCUT2D eigenvalue weighted by Crippen LogP contribution is 2.51. The largest absolute Gasteiger partial charge is 0.386 e. The number of nitrogens with zero attached hydrogens (tertiary/aromatic N) is 3. The minimum atomic E-state index is -0.598. The molecule has 4 unspecified atom stereocenters. The fourth-order valence-electron chi connectivity index (χ4n) is 3.76. The number of thiophene rings is 1. The number of rotatable bonds is 1. The number of hydrogen-bond acceptors (Lipinski definition) is 6. The van der Waals surface area contributed by atoms with Gasteiger partial charge in [0.25, 0.3) is 0 Å². The molecule has 2 aromatic rings. The van der Waals surface area contributed by atoms with E-state index in [4.69, 9.17) is 16.3 Å². The molecule has 0 radical (unpaired) electrons. The molecule has 0 bridgehead atoms. The second kappa shape index (κ2) is 5.53. The van der Waals surface area contributed by atoms with Crippen molar-refractivity contribution in [2.24, 2.45) is 7.05 Å². The molecule has 4 rings (SSSR count). The summed E-state index contributed by atoms with van der Waals surface area (Å²) in [5, 5.41) is 22.1. The van der Waals surface area contributed by atoms with E-state index in [1.54, 1.807) is 4.68 Å². The third kappa shape index (κ3) is 2.60. The second-order valence-electron chi connectivity index (χ2n) is 6.50. The number of halogens is 1. The van der Waals surface area contributed by atoms with Gasteiger partial charge in [-0.3, -0.25) is 4.68 Å². The highest BCUT2D eigenvalue weighted by molar-refractivity contribution is 7.16. The van der Waals surface area contributed by atoms with Crippen LogP contribution in [0.15, 0.2) is 12.3 Å². The van der Waals surface area contributed by atoms with Crippen LogP contribution in [0.5, 0.6) is 0 Å². The van der Waals surface area contributed by atoms with Crippen LogP contribution < -0.4 is 5.32 Å². The quantitative estimate of drug-likeness (QED) is 0.822. The van der Waals surface area contributed by atoms with E-state index in [9.17, 15) is 5.11 Å². The van der Waals surface area contributed by atoms with Crippen LogP contribution in [0.1, 0.15) is 48.0 Å². The van der Waals surface area contributed by atoms with Crippen LogP contribution in [0.3, 0.4) is 0 Å². The first kappa shape index (κ1) is 15.5. The molecule has 8 heteroatoms. The maximum absolute atomic E-state index is 10.2. The first-order valence-corrected chi connectivity index (χ1v) is 8.90. The first-order chi connectivity index (χ1) is 11.0. The van der Waals surface area contributed by atoms with Crippen LogP contribution >= 0.6 is 22.9 Å². The standard InChI is InChI=1S/C15H19ClN4O2S/c1-8-4-15(5-10(17-8)11-6-20(2)19-18-11)14-9(3-13(16)23-14)12(21)7-22-15/h3,6,8,10,12,17,21H,4-5,7H2,1-2H3. The zero-order valence-corrected chi connectivity index (χ0v) is 14.6. The smallest absolute Gasteiger partial charge is 0.106 e. The van der Waals surface area contributed by atoms with Gasteiger partial charge >= 0.3 is 0 Å². The minimum absolute atomic E-state index is 0.0661. The molecule has 0 amide bonds. The lowest BCUT2D eigenvalue weighted by Crippen LogP contribution is -2.50. The van der Waals surface area contributed by atoms with Gasteiger partial charge in [-0.2, -0.15) is 0 Å². The topological polar surface area (TPSA) is 72.2 Å². The molecule has 0 aromatic carbocycles. The molecule has 4 atom stereocenters. The van der Waals surface area contributed by atoms with Gasteiger partial charge in [-0.05, 0) is 19.4 Å². The van der Waals surface area contributed by atoms with Gasteiger partial charge in [0.2, 0.25) is 0 Å². The molecule has 1 fully saturated rings. The lowest BCUT2D eigenvalue weighted by Gasteiger charge is -2.46. The number of ether oxygens (including phenoxy) is 1. The Hall–Kier alpha value is -0.990. The molecule has 2 aliphatic rings. The van der Waals surface area contributed by atoms with Gasteiger partial charge in [-0.1, -0.05) is 16.8 Å². The Labute approximate surface area is 143 Å². The Bertz CT molecular complexity index is 733. The zero-order valence-electron chi connectivity index (χ0n) is 13.0. The molecule has 124 valence electrons. The molecule has 6 nitrogen and oxygen atoms in total. The second-order valence-corrected chi connectivity index (χ2v) is 8.19. The SMILES string of the molecule is CC1CC2(CC(c3cn(C)nn3)N1)OCC(O)c1cc(Cl)sc12. The molecule has 23 heavy (non-hydrogen) atoms. The van der Waals surface area contributed by atoms with Crippen molar-refractivity contribution in [3.8, 4) is 0 Å². The van der Waals surface area contributed by atoms with Gasteiger partial charge in [0, 0.05) is 36.1 Å². The Morgan fingerprint density at radius 1 is 1.52 bits per heavy atom. The lowest BCUT2D eigenvalue weighted by atomic mass is 9.79. The van der Waals surface area contributed by atoms with Gasteiger partial charge in [-0.15, -0.1) is 16.4 Å². The average molecular weight is 355 g/mol. The predicted molar refractivity (Wildman–Crippen MR) is 87.5 cm³/mol. The Morgan fingerprint density at radius 3 is 3.09 bits per heavy atom. The summed E-state index contributed by atoms with van der Waals surface area (Å²) in [6.45, 7) is 2.45. The van der Waals surface area contributed by atoms with Crippen LogP contribution in [-0.4, -0.2) is 32.7 Å². The Morgan fingerprint density at radius 2 is 2.35 bits per heavy atom. The predicted octanol–water partition coefficient (Wildman–Crippen LogP) is 2.30. The summed E-state index contributed by atoms with van der Waals surface area (Å²) >= 11 is 7.74. The number of aliphatic hydroxyl groups excluding tert-OH is 1. The van der Waals surface area contributed by atoms with Crippen molar-refractivity contribution >= 4 is 22.9 Å². The van der Waals surface area contributed by atoms with E-state index in [-0.39, 0.29) is 12.1 Å². The summed E-state index contributed by atoms with van der Waals surface area (Å²) in [4.78, 5) is 1.06. The maximum atomic E-state index is 10.2. The monoisotopic (exact) mass is 354 g/mol. The summed E-state index contributed by atoms with van der Waals surface area (Å²) in [5.41, 5.74) is 1.41. The number of fused-ring (bicyclic) bond motifs is 2. The van der Waals surface area contributed by atoms with Gasteiger partial charge < -0.3 is 15.2 Å². The van der Waals surface area contributed by atoms with E-state index >= 15 is 0 Å². The van der Waals surface area contributed by atoms with Gasteiger partial charge in [-0.25, -0.2) is 0 Å². The van der Waals surface area contributed by atoms with Crippen LogP contribution in [0, 0.1) is 0 Å². The summed E-state index contributed by atoms with van der Waals surface area (Å²) in [5.74, 6) is 0.